The number of aromatic nitrogens is 1. The van der Waals surface area contributed by atoms with Crippen LogP contribution in [-0.2, 0) is 12.3 Å². The Balaban J connectivity index is 1.90. The zero-order chi connectivity index (χ0) is 18.5. The van der Waals surface area contributed by atoms with Crippen molar-refractivity contribution < 1.29 is 4.42 Å². The van der Waals surface area contributed by atoms with Gasteiger partial charge < -0.3 is 4.42 Å². The van der Waals surface area contributed by atoms with Gasteiger partial charge in [-0.25, -0.2) is 4.98 Å². The fraction of sp³-hybridized carbons (Fsp3) is 0.125. The van der Waals surface area contributed by atoms with Crippen LogP contribution in [0.1, 0.15) is 17.1 Å². The zero-order valence-electron chi connectivity index (χ0n) is 15.5. The summed E-state index contributed by atoms with van der Waals surface area (Å²) >= 11 is 0. The van der Waals surface area contributed by atoms with Crippen LogP contribution in [-0.4, -0.2) is 4.98 Å². The van der Waals surface area contributed by atoms with Crippen LogP contribution in [0.25, 0.3) is 0 Å². The number of benzene rings is 3. The summed E-state index contributed by atoms with van der Waals surface area (Å²) in [5, 5.41) is 2.81. The summed E-state index contributed by atoms with van der Waals surface area (Å²) < 4.78 is 5.54. The molecule has 3 aromatic carbocycles. The van der Waals surface area contributed by atoms with Crippen LogP contribution in [0.5, 0.6) is 0 Å². The van der Waals surface area contributed by atoms with Crippen LogP contribution in [0.4, 0.5) is 0 Å². The zero-order valence-corrected chi connectivity index (χ0v) is 16.3. The van der Waals surface area contributed by atoms with Gasteiger partial charge in [-0.15, -0.1) is 0 Å². The first-order valence-electron chi connectivity index (χ1n) is 9.19. The van der Waals surface area contributed by atoms with Gasteiger partial charge in [-0.05, 0) is 29.8 Å². The highest BCUT2D eigenvalue weighted by Crippen LogP contribution is 2.61. The molecule has 1 heterocycles. The number of aryl methyl sites for hydroxylation is 1. The lowest BCUT2D eigenvalue weighted by atomic mass is 10.2. The van der Waals surface area contributed by atoms with Gasteiger partial charge in [0.25, 0.3) is 0 Å². The highest BCUT2D eigenvalue weighted by molar-refractivity contribution is 7.88. The molecule has 0 atom stereocenters. The monoisotopic (exact) mass is 372 g/mol. The van der Waals surface area contributed by atoms with Gasteiger partial charge in [-0.1, -0.05) is 66.7 Å². The van der Waals surface area contributed by atoms with Crippen LogP contribution >= 0.6 is 7.26 Å². The minimum absolute atomic E-state index is 0.726. The molecule has 0 spiro atoms. The first-order chi connectivity index (χ1) is 13.3. The summed E-state index contributed by atoms with van der Waals surface area (Å²) in [6.07, 6.45) is 3.72. The maximum atomic E-state index is 5.54. The average Bonchev–Trinajstić information content (AvgIpc) is 3.14. The first-order valence-corrected chi connectivity index (χ1v) is 11.4. The number of nitrogens with zero attached hydrogens (tertiary/aromatic N) is 1. The van der Waals surface area contributed by atoms with Crippen LogP contribution in [0.15, 0.2) is 102 Å². The van der Waals surface area contributed by atoms with E-state index in [9.17, 15) is 0 Å². The fourth-order valence-corrected chi connectivity index (χ4v) is 7.81. The molecule has 0 aliphatic carbocycles. The molecule has 0 unspecified atom stereocenters. The quantitative estimate of drug-likeness (QED) is 0.426. The Labute approximate surface area is 161 Å². The Morgan fingerprint density at radius 1 is 0.704 bits per heavy atom. The molecule has 0 saturated carbocycles. The second-order valence-corrected chi connectivity index (χ2v) is 10.4. The lowest BCUT2D eigenvalue weighted by molar-refractivity contribution is 0.521. The average molecular weight is 372 g/mol. The van der Waals surface area contributed by atoms with Gasteiger partial charge in [0.15, 0.2) is 5.89 Å². The molecule has 0 saturated heterocycles. The van der Waals surface area contributed by atoms with Crippen molar-refractivity contribution in [2.24, 2.45) is 0 Å². The van der Waals surface area contributed by atoms with Gasteiger partial charge in [0, 0.05) is 6.92 Å². The Morgan fingerprint density at radius 3 is 1.70 bits per heavy atom. The summed E-state index contributed by atoms with van der Waals surface area (Å²) in [5.74, 6) is 0.726. The number of hydrogen-bond acceptors (Lipinski definition) is 2. The third-order valence-electron chi connectivity index (χ3n) is 4.89. The Morgan fingerprint density at radius 2 is 1.22 bits per heavy atom. The molecular weight excluding hydrogens is 349 g/mol. The summed E-state index contributed by atoms with van der Waals surface area (Å²) in [6.45, 7) is 1.91. The minimum atomic E-state index is -1.75. The van der Waals surface area contributed by atoms with Crippen LogP contribution in [0, 0.1) is 6.92 Å². The normalized spacial score (nSPS) is 11.4. The van der Waals surface area contributed by atoms with E-state index in [1.54, 1.807) is 0 Å². The van der Waals surface area contributed by atoms with Crippen molar-refractivity contribution in [2.75, 3.05) is 0 Å². The third kappa shape index (κ3) is 3.86. The van der Waals surface area contributed by atoms with Gasteiger partial charge in [-0.2, -0.15) is 0 Å². The molecule has 4 aromatic rings. The summed E-state index contributed by atoms with van der Waals surface area (Å²) in [6, 6.07) is 32.6. The Hall–Kier alpha value is -2.70. The number of oxazole rings is 1. The van der Waals surface area contributed by atoms with Gasteiger partial charge in [0.05, 0.1) is 24.0 Å². The Bertz CT molecular complexity index is 941. The molecular formula is C24H23NOP+. The molecule has 0 N–H and O–H groups in total. The topological polar surface area (TPSA) is 26.0 Å². The molecule has 0 amide bonds. The van der Waals surface area contributed by atoms with Crippen molar-refractivity contribution in [3.63, 3.8) is 0 Å². The van der Waals surface area contributed by atoms with E-state index < -0.39 is 7.26 Å². The predicted molar refractivity (Wildman–Crippen MR) is 114 cm³/mol. The van der Waals surface area contributed by atoms with E-state index in [1.165, 1.54) is 16.2 Å². The van der Waals surface area contributed by atoms with E-state index in [-0.39, 0.29) is 0 Å². The Kier molecular flexibility index (Phi) is 5.18. The molecule has 0 aliphatic rings. The lowest BCUT2D eigenvalue weighted by Gasteiger charge is -2.27. The van der Waals surface area contributed by atoms with Gasteiger partial charge in [-0.3, -0.25) is 0 Å². The van der Waals surface area contributed by atoms with Crippen molar-refractivity contribution in [1.29, 1.82) is 0 Å². The summed E-state index contributed by atoms with van der Waals surface area (Å²) in [7, 11) is -1.75. The van der Waals surface area contributed by atoms with E-state index in [0.29, 0.717) is 0 Å². The molecule has 0 aliphatic heterocycles. The summed E-state index contributed by atoms with van der Waals surface area (Å²) in [4.78, 5) is 4.65. The van der Waals surface area contributed by atoms with Crippen LogP contribution < -0.4 is 10.6 Å². The molecule has 0 bridgehead atoms. The second-order valence-electron chi connectivity index (χ2n) is 6.80. The van der Waals surface area contributed by atoms with E-state index in [4.69, 9.17) is 4.42 Å². The maximum absolute atomic E-state index is 5.54. The van der Waals surface area contributed by atoms with Crippen molar-refractivity contribution in [2.45, 2.75) is 19.2 Å². The van der Waals surface area contributed by atoms with Crippen molar-refractivity contribution in [1.82, 2.24) is 4.98 Å². The highest BCUT2D eigenvalue weighted by atomic mass is 31.2. The van der Waals surface area contributed by atoms with Gasteiger partial charge in [0.2, 0.25) is 0 Å². The minimum Gasteiger partial charge on any atom is -0.449 e. The molecule has 27 heavy (non-hydrogen) atoms. The molecule has 0 fully saturated rings. The van der Waals surface area contributed by atoms with Crippen molar-refractivity contribution in [3.05, 3.63) is 114 Å². The van der Waals surface area contributed by atoms with Crippen molar-refractivity contribution in [3.8, 4) is 0 Å². The molecule has 4 rings (SSSR count). The molecule has 134 valence electrons. The SMILES string of the molecule is Cc1nc(C[P+](Cc2ccccc2)(c2ccccc2)c2ccccc2)co1. The largest absolute Gasteiger partial charge is 0.449 e. The highest BCUT2D eigenvalue weighted by Gasteiger charge is 2.43. The summed E-state index contributed by atoms with van der Waals surface area (Å²) in [5.41, 5.74) is 2.39. The first kappa shape index (κ1) is 17.7. The standard InChI is InChI=1S/C24H23NOP/c1-20-25-22(17-26-20)19-27(23-13-7-3-8-14-23,24-15-9-4-10-16-24)18-21-11-5-2-6-12-21/h2-17H,18-19H2,1H3/q+1. The maximum Gasteiger partial charge on any atom is 0.191 e. The number of hydrogen-bond donors (Lipinski definition) is 0. The second kappa shape index (κ2) is 7.90. The van der Waals surface area contributed by atoms with E-state index in [2.05, 4.69) is 96.0 Å². The third-order valence-corrected chi connectivity index (χ3v) is 9.24. The number of rotatable bonds is 6. The van der Waals surface area contributed by atoms with Crippen molar-refractivity contribution >= 4 is 17.9 Å². The van der Waals surface area contributed by atoms with Gasteiger partial charge in [0.1, 0.15) is 18.1 Å². The van der Waals surface area contributed by atoms with E-state index in [0.717, 1.165) is 23.9 Å². The van der Waals surface area contributed by atoms with Crippen LogP contribution in [0.3, 0.4) is 0 Å². The van der Waals surface area contributed by atoms with E-state index >= 15 is 0 Å². The lowest BCUT2D eigenvalue weighted by Crippen LogP contribution is -2.25. The fourth-order valence-electron chi connectivity index (χ4n) is 3.65. The smallest absolute Gasteiger partial charge is 0.191 e. The van der Waals surface area contributed by atoms with Gasteiger partial charge >= 0.3 is 0 Å². The van der Waals surface area contributed by atoms with Crippen LogP contribution in [0.2, 0.25) is 0 Å². The van der Waals surface area contributed by atoms with E-state index in [1.807, 2.05) is 13.2 Å². The predicted octanol–water partition coefficient (Wildman–Crippen LogP) is 5.35. The molecule has 2 nitrogen and oxygen atoms in total. The molecule has 3 heteroatoms. The molecule has 0 radical (unpaired) electrons. The molecule has 1 aromatic heterocycles.